The first kappa shape index (κ1) is 9.21. The van der Waals surface area contributed by atoms with Crippen molar-refractivity contribution in [1.82, 2.24) is 9.78 Å². The molecule has 0 N–H and O–H groups in total. The number of benzene rings is 1. The van der Waals surface area contributed by atoms with Gasteiger partial charge in [0.15, 0.2) is 6.29 Å². The number of fused-ring (bicyclic) bond motifs is 1. The number of halogens is 1. The number of nitrogens with zero attached hydrogens (tertiary/aromatic N) is 2. The summed E-state index contributed by atoms with van der Waals surface area (Å²) < 4.78 is 1.76. The summed E-state index contributed by atoms with van der Waals surface area (Å²) in [6.07, 6.45) is 0.742. The summed E-state index contributed by atoms with van der Waals surface area (Å²) in [6, 6.07) is 3.58. The smallest absolute Gasteiger partial charge is 0.151 e. The van der Waals surface area contributed by atoms with Crippen LogP contribution in [-0.2, 0) is 7.05 Å². The minimum atomic E-state index is 0.432. The summed E-state index contributed by atoms with van der Waals surface area (Å²) >= 11 is 6.02. The number of aldehydes is 1. The van der Waals surface area contributed by atoms with Crippen molar-refractivity contribution in [3.63, 3.8) is 0 Å². The van der Waals surface area contributed by atoms with Crippen molar-refractivity contribution in [2.45, 2.75) is 6.92 Å². The lowest BCUT2D eigenvalue weighted by Crippen LogP contribution is -1.91. The molecule has 72 valence electrons. The van der Waals surface area contributed by atoms with Crippen molar-refractivity contribution >= 4 is 28.8 Å². The number of aryl methyl sites for hydroxylation is 2. The average molecular weight is 209 g/mol. The fourth-order valence-electron chi connectivity index (χ4n) is 1.46. The van der Waals surface area contributed by atoms with Gasteiger partial charge in [-0.15, -0.1) is 0 Å². The molecule has 1 aromatic heterocycles. The summed E-state index contributed by atoms with van der Waals surface area (Å²) in [5.41, 5.74) is 2.22. The van der Waals surface area contributed by atoms with Gasteiger partial charge in [0.2, 0.25) is 0 Å². The van der Waals surface area contributed by atoms with E-state index >= 15 is 0 Å². The molecular weight excluding hydrogens is 200 g/mol. The molecule has 0 aliphatic rings. The molecule has 0 aliphatic heterocycles. The van der Waals surface area contributed by atoms with Crippen molar-refractivity contribution < 1.29 is 4.79 Å². The Hall–Kier alpha value is -1.35. The van der Waals surface area contributed by atoms with Gasteiger partial charge in [0.1, 0.15) is 5.52 Å². The van der Waals surface area contributed by atoms with E-state index in [4.69, 9.17) is 11.6 Å². The van der Waals surface area contributed by atoms with Gasteiger partial charge in [0.05, 0.1) is 5.02 Å². The van der Waals surface area contributed by atoms with Crippen LogP contribution >= 0.6 is 11.6 Å². The second kappa shape index (κ2) is 3.10. The number of carbonyl (C=O) groups excluding carboxylic acids is 1. The average Bonchev–Trinajstić information content (AvgIpc) is 2.46. The first-order valence-corrected chi connectivity index (χ1v) is 4.60. The molecule has 1 heterocycles. The number of rotatable bonds is 1. The summed E-state index contributed by atoms with van der Waals surface area (Å²) in [4.78, 5) is 10.6. The first-order valence-electron chi connectivity index (χ1n) is 4.22. The van der Waals surface area contributed by atoms with E-state index in [2.05, 4.69) is 5.10 Å². The molecule has 0 spiro atoms. The Morgan fingerprint density at radius 1 is 1.50 bits per heavy atom. The number of aromatic nitrogens is 2. The molecule has 2 rings (SSSR count). The lowest BCUT2D eigenvalue weighted by atomic mass is 10.1. The highest BCUT2D eigenvalue weighted by Crippen LogP contribution is 2.27. The highest BCUT2D eigenvalue weighted by molar-refractivity contribution is 6.37. The van der Waals surface area contributed by atoms with E-state index in [0.29, 0.717) is 16.1 Å². The van der Waals surface area contributed by atoms with Crippen LogP contribution in [0.4, 0.5) is 0 Å². The van der Waals surface area contributed by atoms with Gasteiger partial charge in [0, 0.05) is 23.7 Å². The van der Waals surface area contributed by atoms with E-state index in [1.807, 2.05) is 20.0 Å². The molecule has 0 aliphatic carbocycles. The Morgan fingerprint density at radius 3 is 2.86 bits per heavy atom. The van der Waals surface area contributed by atoms with Gasteiger partial charge in [0.25, 0.3) is 0 Å². The molecule has 3 nitrogen and oxygen atoms in total. The van der Waals surface area contributed by atoms with Crippen LogP contribution in [0, 0.1) is 6.92 Å². The molecule has 14 heavy (non-hydrogen) atoms. The Labute approximate surface area is 86.3 Å². The zero-order chi connectivity index (χ0) is 10.3. The van der Waals surface area contributed by atoms with Crippen molar-refractivity contribution in [2.75, 3.05) is 0 Å². The van der Waals surface area contributed by atoms with E-state index in [-0.39, 0.29) is 0 Å². The van der Waals surface area contributed by atoms with Gasteiger partial charge >= 0.3 is 0 Å². The third-order valence-corrected chi connectivity index (χ3v) is 2.80. The molecule has 0 saturated carbocycles. The second-order valence-corrected chi connectivity index (χ2v) is 3.57. The van der Waals surface area contributed by atoms with Gasteiger partial charge in [-0.2, -0.15) is 5.10 Å². The first-order chi connectivity index (χ1) is 6.65. The van der Waals surface area contributed by atoms with Gasteiger partial charge in [-0.3, -0.25) is 9.48 Å². The molecule has 4 heteroatoms. The van der Waals surface area contributed by atoms with Crippen LogP contribution in [0.3, 0.4) is 0 Å². The maximum absolute atomic E-state index is 10.6. The molecule has 1 aromatic carbocycles. The van der Waals surface area contributed by atoms with Crippen molar-refractivity contribution in [2.24, 2.45) is 7.05 Å². The monoisotopic (exact) mass is 208 g/mol. The molecule has 0 amide bonds. The summed E-state index contributed by atoms with van der Waals surface area (Å²) in [5, 5.41) is 5.67. The minimum absolute atomic E-state index is 0.432. The molecular formula is C10H9ClN2O. The van der Waals surface area contributed by atoms with E-state index < -0.39 is 0 Å². The molecule has 0 bridgehead atoms. The van der Waals surface area contributed by atoms with Gasteiger partial charge in [-0.1, -0.05) is 17.7 Å². The maximum atomic E-state index is 10.6. The third kappa shape index (κ3) is 1.13. The highest BCUT2D eigenvalue weighted by atomic mass is 35.5. The van der Waals surface area contributed by atoms with E-state index in [9.17, 15) is 4.79 Å². The Bertz CT molecular complexity index is 516. The number of hydrogen-bond donors (Lipinski definition) is 0. The Balaban J connectivity index is 2.90. The summed E-state index contributed by atoms with van der Waals surface area (Å²) in [5.74, 6) is 0. The van der Waals surface area contributed by atoms with Gasteiger partial charge in [-0.25, -0.2) is 0 Å². The lowest BCUT2D eigenvalue weighted by molar-refractivity contribution is 0.112. The maximum Gasteiger partial charge on any atom is 0.151 e. The minimum Gasteiger partial charge on any atom is -0.298 e. The van der Waals surface area contributed by atoms with Gasteiger partial charge < -0.3 is 0 Å². The van der Waals surface area contributed by atoms with Crippen LogP contribution in [-0.4, -0.2) is 16.1 Å². The lowest BCUT2D eigenvalue weighted by Gasteiger charge is -1.95. The molecule has 0 fully saturated rings. The zero-order valence-electron chi connectivity index (χ0n) is 7.91. The molecule has 0 radical (unpaired) electrons. The largest absolute Gasteiger partial charge is 0.298 e. The predicted molar refractivity (Wildman–Crippen MR) is 55.8 cm³/mol. The van der Waals surface area contributed by atoms with Crippen LogP contribution in [0.5, 0.6) is 0 Å². The highest BCUT2D eigenvalue weighted by Gasteiger charge is 2.10. The molecule has 2 aromatic rings. The van der Waals surface area contributed by atoms with Crippen LogP contribution in [0.2, 0.25) is 5.02 Å². The van der Waals surface area contributed by atoms with Crippen LogP contribution in [0.15, 0.2) is 12.1 Å². The fraction of sp³-hybridized carbons (Fsp3) is 0.200. The van der Waals surface area contributed by atoms with Crippen molar-refractivity contribution in [3.8, 4) is 0 Å². The standard InChI is InChI=1S/C10H9ClN2O/c1-6-8-4-3-7(5-14)9(11)10(8)12-13(6)2/h3-5H,1-2H3. The zero-order valence-corrected chi connectivity index (χ0v) is 8.67. The van der Waals surface area contributed by atoms with Crippen molar-refractivity contribution in [3.05, 3.63) is 28.4 Å². The van der Waals surface area contributed by atoms with Crippen LogP contribution < -0.4 is 0 Å². The van der Waals surface area contributed by atoms with Gasteiger partial charge in [-0.05, 0) is 13.0 Å². The summed E-state index contributed by atoms with van der Waals surface area (Å²) in [7, 11) is 1.85. The normalized spacial score (nSPS) is 10.8. The second-order valence-electron chi connectivity index (χ2n) is 3.19. The SMILES string of the molecule is Cc1c2ccc(C=O)c(Cl)c2nn1C. The Morgan fingerprint density at radius 2 is 2.21 bits per heavy atom. The van der Waals surface area contributed by atoms with E-state index in [1.165, 1.54) is 0 Å². The predicted octanol–water partition coefficient (Wildman–Crippen LogP) is 2.35. The quantitative estimate of drug-likeness (QED) is 0.675. The van der Waals surface area contributed by atoms with Crippen LogP contribution in [0.1, 0.15) is 16.1 Å². The van der Waals surface area contributed by atoms with E-state index in [1.54, 1.807) is 10.7 Å². The number of carbonyl (C=O) groups is 1. The van der Waals surface area contributed by atoms with Crippen molar-refractivity contribution in [1.29, 1.82) is 0 Å². The molecule has 0 atom stereocenters. The topological polar surface area (TPSA) is 34.9 Å². The Kier molecular flexibility index (Phi) is 2.04. The number of hydrogen-bond acceptors (Lipinski definition) is 2. The fourth-order valence-corrected chi connectivity index (χ4v) is 1.71. The molecule has 0 saturated heterocycles. The van der Waals surface area contributed by atoms with Crippen LogP contribution in [0.25, 0.3) is 10.9 Å². The van der Waals surface area contributed by atoms with E-state index in [0.717, 1.165) is 17.4 Å². The molecule has 0 unspecified atom stereocenters. The third-order valence-electron chi connectivity index (χ3n) is 2.40. The summed E-state index contributed by atoms with van der Waals surface area (Å²) in [6.45, 7) is 1.96.